The van der Waals surface area contributed by atoms with Gasteiger partial charge in [0.2, 0.25) is 0 Å². The molecular weight excluding hydrogens is 262 g/mol. The van der Waals surface area contributed by atoms with Gasteiger partial charge in [-0.05, 0) is 13.0 Å². The zero-order valence-corrected chi connectivity index (χ0v) is 11.4. The standard InChI is InChI=1S/C14H15NO3S/c1-9-8-19-13(15-9)7-11(16)10-3-2-4-12-14(10)18-6-5-17-12/h2-4,8,11,16H,5-7H2,1H3. The Labute approximate surface area is 115 Å². The number of hydrogen-bond acceptors (Lipinski definition) is 5. The SMILES string of the molecule is Cc1csc(CC(O)c2cccc3c2OCCO3)n1. The summed E-state index contributed by atoms with van der Waals surface area (Å²) in [4.78, 5) is 4.37. The van der Waals surface area contributed by atoms with Gasteiger partial charge in [-0.15, -0.1) is 11.3 Å². The van der Waals surface area contributed by atoms with Crippen LogP contribution >= 0.6 is 11.3 Å². The van der Waals surface area contributed by atoms with Gasteiger partial charge in [0.05, 0.1) is 11.1 Å². The topological polar surface area (TPSA) is 51.6 Å². The van der Waals surface area contributed by atoms with Gasteiger partial charge in [-0.1, -0.05) is 12.1 Å². The minimum atomic E-state index is -0.623. The number of ether oxygens (including phenoxy) is 2. The quantitative estimate of drug-likeness (QED) is 0.936. The van der Waals surface area contributed by atoms with Gasteiger partial charge in [0, 0.05) is 23.1 Å². The Balaban J connectivity index is 1.85. The van der Waals surface area contributed by atoms with Crippen LogP contribution in [0.3, 0.4) is 0 Å². The van der Waals surface area contributed by atoms with E-state index in [-0.39, 0.29) is 0 Å². The van der Waals surface area contributed by atoms with E-state index in [9.17, 15) is 5.11 Å². The average Bonchev–Trinajstić information content (AvgIpc) is 2.83. The third-order valence-corrected chi connectivity index (χ3v) is 3.98. The van der Waals surface area contributed by atoms with Crippen LogP contribution in [0, 0.1) is 6.92 Å². The number of rotatable bonds is 3. The summed E-state index contributed by atoms with van der Waals surface area (Å²) in [6.45, 7) is 3.03. The van der Waals surface area contributed by atoms with Crippen LogP contribution in [-0.2, 0) is 6.42 Å². The molecule has 0 amide bonds. The van der Waals surface area contributed by atoms with Crippen LogP contribution in [0.4, 0.5) is 0 Å². The molecule has 1 unspecified atom stereocenters. The second-order valence-corrected chi connectivity index (χ2v) is 5.42. The van der Waals surface area contributed by atoms with Crippen molar-refractivity contribution in [1.82, 2.24) is 4.98 Å². The fraction of sp³-hybridized carbons (Fsp3) is 0.357. The molecule has 5 heteroatoms. The lowest BCUT2D eigenvalue weighted by atomic mass is 10.0. The molecule has 0 aliphatic carbocycles. The average molecular weight is 277 g/mol. The van der Waals surface area contributed by atoms with Gasteiger partial charge in [-0.2, -0.15) is 0 Å². The first-order valence-corrected chi connectivity index (χ1v) is 7.09. The molecule has 1 aliphatic heterocycles. The Bertz CT molecular complexity index is 582. The summed E-state index contributed by atoms with van der Waals surface area (Å²) in [6, 6.07) is 5.61. The second kappa shape index (κ2) is 5.19. The van der Waals surface area contributed by atoms with E-state index in [2.05, 4.69) is 4.98 Å². The minimum absolute atomic E-state index is 0.498. The van der Waals surface area contributed by atoms with E-state index in [4.69, 9.17) is 9.47 Å². The molecule has 3 rings (SSSR count). The highest BCUT2D eigenvalue weighted by Crippen LogP contribution is 2.37. The second-order valence-electron chi connectivity index (χ2n) is 4.47. The fourth-order valence-electron chi connectivity index (χ4n) is 2.13. The molecule has 2 heterocycles. The summed E-state index contributed by atoms with van der Waals surface area (Å²) in [7, 11) is 0. The molecule has 0 bridgehead atoms. The molecular formula is C14H15NO3S. The molecule has 1 atom stereocenters. The molecule has 100 valence electrons. The van der Waals surface area contributed by atoms with E-state index >= 15 is 0 Å². The van der Waals surface area contributed by atoms with Gasteiger partial charge in [0.1, 0.15) is 13.2 Å². The number of para-hydroxylation sites is 1. The van der Waals surface area contributed by atoms with Crippen LogP contribution in [0.15, 0.2) is 23.6 Å². The molecule has 4 nitrogen and oxygen atoms in total. The molecule has 1 aliphatic rings. The molecule has 0 spiro atoms. The van der Waals surface area contributed by atoms with Crippen LogP contribution < -0.4 is 9.47 Å². The van der Waals surface area contributed by atoms with E-state index < -0.39 is 6.10 Å². The monoisotopic (exact) mass is 277 g/mol. The van der Waals surface area contributed by atoms with Crippen LogP contribution in [0.1, 0.15) is 22.4 Å². The number of fused-ring (bicyclic) bond motifs is 1. The van der Waals surface area contributed by atoms with E-state index in [1.54, 1.807) is 11.3 Å². The largest absolute Gasteiger partial charge is 0.486 e. The van der Waals surface area contributed by atoms with Crippen LogP contribution in [-0.4, -0.2) is 23.3 Å². The maximum Gasteiger partial charge on any atom is 0.167 e. The number of aliphatic hydroxyl groups is 1. The number of hydrogen-bond donors (Lipinski definition) is 1. The molecule has 0 fully saturated rings. The summed E-state index contributed by atoms with van der Waals surface area (Å²) in [6.07, 6.45) is -0.125. The highest BCUT2D eigenvalue weighted by Gasteiger charge is 2.21. The van der Waals surface area contributed by atoms with Crippen molar-refractivity contribution < 1.29 is 14.6 Å². The van der Waals surface area contributed by atoms with Gasteiger partial charge in [0.15, 0.2) is 11.5 Å². The van der Waals surface area contributed by atoms with E-state index in [0.29, 0.717) is 31.1 Å². The lowest BCUT2D eigenvalue weighted by Gasteiger charge is -2.22. The summed E-state index contributed by atoms with van der Waals surface area (Å²) >= 11 is 1.57. The first kappa shape index (κ1) is 12.4. The maximum atomic E-state index is 10.4. The third kappa shape index (κ3) is 2.57. The van der Waals surface area contributed by atoms with Gasteiger partial charge >= 0.3 is 0 Å². The van der Waals surface area contributed by atoms with Crippen molar-refractivity contribution in [3.8, 4) is 11.5 Å². The highest BCUT2D eigenvalue weighted by atomic mass is 32.1. The zero-order chi connectivity index (χ0) is 13.2. The molecule has 1 N–H and O–H groups in total. The normalized spacial score (nSPS) is 15.3. The molecule has 0 radical (unpaired) electrons. The van der Waals surface area contributed by atoms with E-state index in [0.717, 1.165) is 16.3 Å². The van der Waals surface area contributed by atoms with Crippen molar-refractivity contribution in [2.75, 3.05) is 13.2 Å². The third-order valence-electron chi connectivity index (χ3n) is 2.99. The Kier molecular flexibility index (Phi) is 3.40. The smallest absolute Gasteiger partial charge is 0.167 e. The summed E-state index contributed by atoms with van der Waals surface area (Å²) in [5, 5.41) is 13.3. The van der Waals surface area contributed by atoms with E-state index in [1.165, 1.54) is 0 Å². The van der Waals surface area contributed by atoms with Gasteiger partial charge in [-0.3, -0.25) is 0 Å². The van der Waals surface area contributed by atoms with Gasteiger partial charge < -0.3 is 14.6 Å². The van der Waals surface area contributed by atoms with Gasteiger partial charge in [-0.25, -0.2) is 4.98 Å². The molecule has 0 saturated carbocycles. The Morgan fingerprint density at radius 2 is 2.21 bits per heavy atom. The molecule has 1 aromatic heterocycles. The van der Waals surface area contributed by atoms with Crippen LogP contribution in [0.5, 0.6) is 11.5 Å². The number of benzene rings is 1. The van der Waals surface area contributed by atoms with Crippen molar-refractivity contribution in [2.45, 2.75) is 19.4 Å². The summed E-state index contributed by atoms with van der Waals surface area (Å²) in [5.74, 6) is 1.37. The van der Waals surface area contributed by atoms with Crippen molar-refractivity contribution in [3.05, 3.63) is 39.8 Å². The number of aromatic nitrogens is 1. The fourth-order valence-corrected chi connectivity index (χ4v) is 2.94. The first-order valence-electron chi connectivity index (χ1n) is 6.21. The number of thiazole rings is 1. The Hall–Kier alpha value is -1.59. The molecule has 2 aromatic rings. The van der Waals surface area contributed by atoms with Crippen LogP contribution in [0.25, 0.3) is 0 Å². The lowest BCUT2D eigenvalue weighted by Crippen LogP contribution is -2.17. The van der Waals surface area contributed by atoms with Crippen molar-refractivity contribution in [3.63, 3.8) is 0 Å². The predicted molar refractivity (Wildman–Crippen MR) is 72.9 cm³/mol. The molecule has 19 heavy (non-hydrogen) atoms. The summed E-state index contributed by atoms with van der Waals surface area (Å²) in [5.41, 5.74) is 1.76. The van der Waals surface area contributed by atoms with E-state index in [1.807, 2.05) is 30.5 Å². The molecule has 1 aromatic carbocycles. The predicted octanol–water partition coefficient (Wildman–Crippen LogP) is 2.50. The lowest BCUT2D eigenvalue weighted by molar-refractivity contribution is 0.146. The minimum Gasteiger partial charge on any atom is -0.486 e. The number of nitrogens with zero attached hydrogens (tertiary/aromatic N) is 1. The summed E-state index contributed by atoms with van der Waals surface area (Å²) < 4.78 is 11.1. The first-order chi connectivity index (χ1) is 9.24. The van der Waals surface area contributed by atoms with Crippen LogP contribution in [0.2, 0.25) is 0 Å². The van der Waals surface area contributed by atoms with Crippen molar-refractivity contribution >= 4 is 11.3 Å². The highest BCUT2D eigenvalue weighted by molar-refractivity contribution is 7.09. The van der Waals surface area contributed by atoms with Gasteiger partial charge in [0.25, 0.3) is 0 Å². The number of aliphatic hydroxyl groups excluding tert-OH is 1. The van der Waals surface area contributed by atoms with Crippen molar-refractivity contribution in [2.24, 2.45) is 0 Å². The number of aryl methyl sites for hydroxylation is 1. The Morgan fingerprint density at radius 1 is 1.37 bits per heavy atom. The maximum absolute atomic E-state index is 10.4. The zero-order valence-electron chi connectivity index (χ0n) is 10.6. The van der Waals surface area contributed by atoms with Crippen molar-refractivity contribution in [1.29, 1.82) is 0 Å². The molecule has 0 saturated heterocycles. The Morgan fingerprint density at radius 3 is 3.00 bits per heavy atom.